The third-order valence-electron chi connectivity index (χ3n) is 3.31. The number of nitro benzene ring substituents is 1. The van der Waals surface area contributed by atoms with Gasteiger partial charge in [0, 0.05) is 21.4 Å². The van der Waals surface area contributed by atoms with Gasteiger partial charge in [-0.3, -0.25) is 14.9 Å². The van der Waals surface area contributed by atoms with Crippen molar-refractivity contribution in [1.29, 1.82) is 0 Å². The minimum Gasteiger partial charge on any atom is -0.339 e. The number of nitro groups is 1. The number of amides is 1. The zero-order valence-electron chi connectivity index (χ0n) is 13.8. The molecule has 0 saturated carbocycles. The van der Waals surface area contributed by atoms with E-state index in [0.29, 0.717) is 11.3 Å². The fraction of sp³-hybridized carbons (Fsp3) is 0.125. The Morgan fingerprint density at radius 1 is 1.14 bits per heavy atom. The van der Waals surface area contributed by atoms with Gasteiger partial charge in [0.2, 0.25) is 3.79 Å². The second kappa shape index (κ2) is 9.88. The molecule has 0 unspecified atom stereocenters. The van der Waals surface area contributed by atoms with Crippen molar-refractivity contribution in [3.8, 4) is 0 Å². The maximum absolute atomic E-state index is 12.5. The van der Waals surface area contributed by atoms with E-state index in [2.05, 4.69) is 16.0 Å². The highest BCUT2D eigenvalue weighted by molar-refractivity contribution is 14.1. The van der Waals surface area contributed by atoms with Crippen molar-refractivity contribution in [2.24, 2.45) is 0 Å². The van der Waals surface area contributed by atoms with Crippen LogP contribution in [0.4, 0.5) is 11.4 Å². The second-order valence-electron chi connectivity index (χ2n) is 5.33. The van der Waals surface area contributed by atoms with Crippen LogP contribution >= 0.6 is 69.6 Å². The maximum Gasteiger partial charge on any atom is 0.271 e. The van der Waals surface area contributed by atoms with Crippen molar-refractivity contribution in [3.63, 3.8) is 0 Å². The van der Waals surface area contributed by atoms with Crippen molar-refractivity contribution >= 4 is 92.0 Å². The van der Waals surface area contributed by atoms with E-state index < -0.39 is 20.8 Å². The van der Waals surface area contributed by atoms with Crippen molar-refractivity contribution in [1.82, 2.24) is 10.6 Å². The predicted molar refractivity (Wildman–Crippen MR) is 123 cm³/mol. The van der Waals surface area contributed by atoms with Crippen LogP contribution in [0.3, 0.4) is 0 Å². The summed E-state index contributed by atoms with van der Waals surface area (Å²) in [6, 6.07) is 12.6. The first-order valence-electron chi connectivity index (χ1n) is 7.52. The Morgan fingerprint density at radius 3 is 2.43 bits per heavy atom. The Balaban J connectivity index is 2.11. The fourth-order valence-electron chi connectivity index (χ4n) is 2.05. The maximum atomic E-state index is 12.5. The van der Waals surface area contributed by atoms with Gasteiger partial charge in [0.1, 0.15) is 6.17 Å². The van der Waals surface area contributed by atoms with Crippen molar-refractivity contribution < 1.29 is 9.72 Å². The number of nitrogens with one attached hydrogen (secondary N) is 3. The first-order valence-corrected chi connectivity index (χ1v) is 10.1. The number of non-ortho nitro benzene ring substituents is 1. The SMILES string of the molecule is O=C(N[C@@H](NC(=S)Nc1cccc([N+](=O)[O-])c1)C(Cl)(Cl)Cl)c1ccccc1I. The quantitative estimate of drug-likeness (QED) is 0.121. The fourth-order valence-corrected chi connectivity index (χ4v) is 3.24. The van der Waals surface area contributed by atoms with Crippen LogP contribution in [-0.2, 0) is 0 Å². The highest BCUT2D eigenvalue weighted by Crippen LogP contribution is 2.29. The topological polar surface area (TPSA) is 96.3 Å². The van der Waals surface area contributed by atoms with Crippen LogP contribution in [-0.4, -0.2) is 25.9 Å². The van der Waals surface area contributed by atoms with E-state index in [9.17, 15) is 14.9 Å². The lowest BCUT2D eigenvalue weighted by molar-refractivity contribution is -0.384. The van der Waals surface area contributed by atoms with Gasteiger partial charge in [0.15, 0.2) is 5.11 Å². The van der Waals surface area contributed by atoms with E-state index >= 15 is 0 Å². The van der Waals surface area contributed by atoms with E-state index in [0.717, 1.165) is 3.57 Å². The zero-order chi connectivity index (χ0) is 20.9. The largest absolute Gasteiger partial charge is 0.339 e. The molecule has 7 nitrogen and oxygen atoms in total. The van der Waals surface area contributed by atoms with Crippen LogP contribution in [0.25, 0.3) is 0 Å². The van der Waals surface area contributed by atoms with Crippen LogP contribution in [0.15, 0.2) is 48.5 Å². The molecule has 28 heavy (non-hydrogen) atoms. The highest BCUT2D eigenvalue weighted by Gasteiger charge is 2.35. The number of thiocarbonyl (C=S) groups is 1. The summed E-state index contributed by atoms with van der Waals surface area (Å²) >= 11 is 25.1. The number of nitrogens with zero attached hydrogens (tertiary/aromatic N) is 1. The molecule has 0 spiro atoms. The smallest absolute Gasteiger partial charge is 0.271 e. The molecular weight excluding hydrogens is 562 g/mol. The number of hydrogen-bond donors (Lipinski definition) is 3. The number of benzene rings is 2. The number of alkyl halides is 3. The number of hydrogen-bond acceptors (Lipinski definition) is 4. The van der Waals surface area contributed by atoms with Gasteiger partial charge in [-0.2, -0.15) is 0 Å². The Kier molecular flexibility index (Phi) is 8.07. The van der Waals surface area contributed by atoms with Crippen LogP contribution in [0.2, 0.25) is 0 Å². The average molecular weight is 574 g/mol. The predicted octanol–water partition coefficient (Wildman–Crippen LogP) is 4.61. The van der Waals surface area contributed by atoms with Gasteiger partial charge in [0.05, 0.1) is 10.5 Å². The number of carbonyl (C=O) groups excluding carboxylic acids is 1. The molecule has 0 aliphatic carbocycles. The van der Waals surface area contributed by atoms with Crippen molar-refractivity contribution in [2.75, 3.05) is 5.32 Å². The summed E-state index contributed by atoms with van der Waals surface area (Å²) in [7, 11) is 0. The molecular formula is C16H12Cl3IN4O3S. The molecule has 1 amide bonds. The molecule has 0 aliphatic heterocycles. The molecule has 0 bridgehead atoms. The monoisotopic (exact) mass is 572 g/mol. The van der Waals surface area contributed by atoms with Crippen LogP contribution in [0.1, 0.15) is 10.4 Å². The Labute approximate surface area is 194 Å². The van der Waals surface area contributed by atoms with Crippen LogP contribution in [0, 0.1) is 13.7 Å². The van der Waals surface area contributed by atoms with E-state index in [1.807, 2.05) is 22.6 Å². The molecule has 0 saturated heterocycles. The van der Waals surface area contributed by atoms with E-state index in [1.165, 1.54) is 18.2 Å². The summed E-state index contributed by atoms with van der Waals surface area (Å²) in [5.41, 5.74) is 0.651. The minimum atomic E-state index is -1.93. The Morgan fingerprint density at radius 2 is 1.82 bits per heavy atom. The molecule has 0 aromatic heterocycles. The Bertz CT molecular complexity index is 911. The summed E-state index contributed by atoms with van der Waals surface area (Å²) < 4.78 is -1.21. The summed E-state index contributed by atoms with van der Waals surface area (Å²) in [6.45, 7) is 0. The normalized spacial score (nSPS) is 12.0. The molecule has 12 heteroatoms. The number of halogens is 4. The van der Waals surface area contributed by atoms with Gasteiger partial charge in [-0.15, -0.1) is 0 Å². The molecule has 2 aromatic carbocycles. The van der Waals surface area contributed by atoms with Gasteiger partial charge in [-0.1, -0.05) is 53.0 Å². The van der Waals surface area contributed by atoms with E-state index in [1.54, 1.807) is 30.3 Å². The summed E-state index contributed by atoms with van der Waals surface area (Å²) in [6.07, 6.45) is -1.17. The first kappa shape index (κ1) is 22.9. The van der Waals surface area contributed by atoms with Crippen molar-refractivity contribution in [3.05, 3.63) is 67.8 Å². The molecule has 1 atom stereocenters. The zero-order valence-corrected chi connectivity index (χ0v) is 19.0. The average Bonchev–Trinajstić information content (AvgIpc) is 2.60. The number of anilines is 1. The highest BCUT2D eigenvalue weighted by atomic mass is 127. The van der Waals surface area contributed by atoms with Gasteiger partial charge in [-0.25, -0.2) is 0 Å². The molecule has 3 N–H and O–H groups in total. The van der Waals surface area contributed by atoms with Gasteiger partial charge >= 0.3 is 0 Å². The van der Waals surface area contributed by atoms with E-state index in [4.69, 9.17) is 47.0 Å². The van der Waals surface area contributed by atoms with Gasteiger partial charge < -0.3 is 16.0 Å². The third-order valence-corrected chi connectivity index (χ3v) is 5.13. The van der Waals surface area contributed by atoms with E-state index in [-0.39, 0.29) is 10.8 Å². The number of rotatable bonds is 5. The first-order chi connectivity index (χ1) is 13.1. The molecule has 0 fully saturated rings. The summed E-state index contributed by atoms with van der Waals surface area (Å²) in [4.78, 5) is 22.8. The molecule has 148 valence electrons. The number of carbonyl (C=O) groups is 1. The minimum absolute atomic E-state index is 0.000110. The molecule has 0 aliphatic rings. The molecule has 2 aromatic rings. The molecule has 0 heterocycles. The van der Waals surface area contributed by atoms with Gasteiger partial charge in [0.25, 0.3) is 11.6 Å². The molecule has 2 rings (SSSR count). The third kappa shape index (κ3) is 6.59. The lowest BCUT2D eigenvalue weighted by atomic mass is 10.2. The standard InChI is InChI=1S/C16H12Cl3IN4O3S/c17-16(18,19)14(22-13(25)11-6-1-2-7-12(11)20)23-15(28)21-9-4-3-5-10(8-9)24(26)27/h1-8,14H,(H,22,25)(H2,21,23,28)/t14-/m0/s1. The lowest BCUT2D eigenvalue weighted by Crippen LogP contribution is -2.56. The summed E-state index contributed by atoms with van der Waals surface area (Å²) in [5.74, 6) is -0.466. The van der Waals surface area contributed by atoms with Crippen molar-refractivity contribution in [2.45, 2.75) is 9.96 Å². The van der Waals surface area contributed by atoms with Crippen LogP contribution in [0.5, 0.6) is 0 Å². The summed E-state index contributed by atoms with van der Waals surface area (Å²) in [5, 5.41) is 18.9. The molecule has 0 radical (unpaired) electrons. The lowest BCUT2D eigenvalue weighted by Gasteiger charge is -2.28. The van der Waals surface area contributed by atoms with Gasteiger partial charge in [-0.05, 0) is 53.0 Å². The van der Waals surface area contributed by atoms with Crippen LogP contribution < -0.4 is 16.0 Å². The Hall–Kier alpha value is -1.40. The second-order valence-corrected chi connectivity index (χ2v) is 9.27.